The molecule has 2 atom stereocenters. The highest BCUT2D eigenvalue weighted by Crippen LogP contribution is 2.20. The Kier molecular flexibility index (Phi) is 4.35. The minimum Gasteiger partial charge on any atom is -0.378 e. The van der Waals surface area contributed by atoms with Crippen molar-refractivity contribution in [3.63, 3.8) is 0 Å². The molecule has 0 aromatic rings. The maximum absolute atomic E-state index is 11.2. The largest absolute Gasteiger partial charge is 0.378 e. The second kappa shape index (κ2) is 5.32. The Morgan fingerprint density at radius 1 is 1.50 bits per heavy atom. The third kappa shape index (κ3) is 3.64. The molecule has 1 saturated carbocycles. The van der Waals surface area contributed by atoms with Crippen molar-refractivity contribution in [2.75, 3.05) is 20.7 Å². The number of hydrogen-bond acceptors (Lipinski definition) is 3. The summed E-state index contributed by atoms with van der Waals surface area (Å²) in [6.45, 7) is 0.522. The number of carbonyl (C=O) groups is 1. The molecule has 14 heavy (non-hydrogen) atoms. The van der Waals surface area contributed by atoms with Crippen LogP contribution in [0.15, 0.2) is 0 Å². The molecule has 0 saturated heterocycles. The van der Waals surface area contributed by atoms with Gasteiger partial charge in [0.2, 0.25) is 5.91 Å². The van der Waals surface area contributed by atoms with Crippen LogP contribution in [0.5, 0.6) is 0 Å². The minimum atomic E-state index is 0.118. The van der Waals surface area contributed by atoms with Crippen molar-refractivity contribution in [2.24, 2.45) is 5.73 Å². The van der Waals surface area contributed by atoms with Crippen molar-refractivity contribution in [3.8, 4) is 0 Å². The molecule has 4 heteroatoms. The predicted molar refractivity (Wildman–Crippen MR) is 54.9 cm³/mol. The quantitative estimate of drug-likeness (QED) is 0.713. The van der Waals surface area contributed by atoms with Crippen LogP contribution in [0.4, 0.5) is 0 Å². The van der Waals surface area contributed by atoms with Gasteiger partial charge in [-0.15, -0.1) is 0 Å². The van der Waals surface area contributed by atoms with Gasteiger partial charge in [-0.05, 0) is 19.3 Å². The Hall–Kier alpha value is -0.610. The Morgan fingerprint density at radius 3 is 2.71 bits per heavy atom. The Balaban J connectivity index is 2.07. The molecule has 1 aliphatic carbocycles. The molecule has 0 aliphatic heterocycles. The molecular weight excluding hydrogens is 180 g/mol. The summed E-state index contributed by atoms with van der Waals surface area (Å²) in [5, 5.41) is 0. The maximum atomic E-state index is 11.2. The van der Waals surface area contributed by atoms with Crippen LogP contribution in [0, 0.1) is 0 Å². The summed E-state index contributed by atoms with van der Waals surface area (Å²) in [5.41, 5.74) is 5.75. The van der Waals surface area contributed by atoms with Crippen molar-refractivity contribution < 1.29 is 9.53 Å². The van der Waals surface area contributed by atoms with Gasteiger partial charge in [-0.1, -0.05) is 0 Å². The third-order valence-corrected chi connectivity index (χ3v) is 2.59. The number of nitrogens with two attached hydrogens (primary N) is 1. The highest BCUT2D eigenvalue weighted by atomic mass is 16.5. The number of amides is 1. The predicted octanol–water partition coefficient (Wildman–Crippen LogP) is 0.361. The summed E-state index contributed by atoms with van der Waals surface area (Å²) in [7, 11) is 3.52. The average molecular weight is 200 g/mol. The molecule has 0 aromatic carbocycles. The monoisotopic (exact) mass is 200 g/mol. The van der Waals surface area contributed by atoms with Crippen LogP contribution in [0.25, 0.3) is 0 Å². The fourth-order valence-electron chi connectivity index (χ4n) is 1.66. The molecule has 2 unspecified atom stereocenters. The van der Waals surface area contributed by atoms with Gasteiger partial charge in [0, 0.05) is 20.1 Å². The number of nitrogens with zero attached hydrogens (tertiary/aromatic N) is 1. The number of carbonyl (C=O) groups excluding carboxylic acids is 1. The smallest absolute Gasteiger partial charge is 0.224 e. The highest BCUT2D eigenvalue weighted by Gasteiger charge is 2.22. The molecule has 1 amide bonds. The van der Waals surface area contributed by atoms with Crippen molar-refractivity contribution in [1.29, 1.82) is 0 Å². The zero-order chi connectivity index (χ0) is 10.6. The first-order valence-electron chi connectivity index (χ1n) is 5.17. The van der Waals surface area contributed by atoms with Crippen molar-refractivity contribution in [2.45, 2.75) is 37.8 Å². The normalized spacial score (nSPS) is 26.5. The van der Waals surface area contributed by atoms with E-state index in [1.807, 2.05) is 0 Å². The van der Waals surface area contributed by atoms with E-state index in [0.29, 0.717) is 19.1 Å². The molecule has 4 nitrogen and oxygen atoms in total. The third-order valence-electron chi connectivity index (χ3n) is 2.59. The van der Waals surface area contributed by atoms with Crippen LogP contribution in [0.3, 0.4) is 0 Å². The number of ether oxygens (including phenoxy) is 1. The van der Waals surface area contributed by atoms with Crippen LogP contribution in [-0.2, 0) is 9.53 Å². The zero-order valence-electron chi connectivity index (χ0n) is 9.03. The van der Waals surface area contributed by atoms with E-state index in [2.05, 4.69) is 0 Å². The standard InChI is InChI=1S/C10H20N2O2/c1-12(2)10(13)5-6-14-9-4-3-8(11)7-9/h8-9H,3-7,11H2,1-2H3. The van der Waals surface area contributed by atoms with Gasteiger partial charge >= 0.3 is 0 Å². The molecule has 1 aliphatic rings. The zero-order valence-corrected chi connectivity index (χ0v) is 9.03. The lowest BCUT2D eigenvalue weighted by Gasteiger charge is -2.13. The molecule has 2 N–H and O–H groups in total. The molecule has 0 radical (unpaired) electrons. The van der Waals surface area contributed by atoms with Gasteiger partial charge in [-0.25, -0.2) is 0 Å². The van der Waals surface area contributed by atoms with Crippen LogP contribution in [0.2, 0.25) is 0 Å². The lowest BCUT2D eigenvalue weighted by Crippen LogP contribution is -2.24. The van der Waals surface area contributed by atoms with Crippen molar-refractivity contribution in [1.82, 2.24) is 4.90 Å². The van der Waals surface area contributed by atoms with Gasteiger partial charge in [0.25, 0.3) is 0 Å². The number of rotatable bonds is 4. The Bertz CT molecular complexity index is 195. The first-order chi connectivity index (χ1) is 6.59. The minimum absolute atomic E-state index is 0.118. The topological polar surface area (TPSA) is 55.6 Å². The van der Waals surface area contributed by atoms with Gasteiger partial charge in [-0.2, -0.15) is 0 Å². The summed E-state index contributed by atoms with van der Waals surface area (Å²) in [6, 6.07) is 0.296. The van der Waals surface area contributed by atoms with Crippen molar-refractivity contribution in [3.05, 3.63) is 0 Å². The summed E-state index contributed by atoms with van der Waals surface area (Å²) in [4.78, 5) is 12.8. The number of hydrogen-bond donors (Lipinski definition) is 1. The summed E-state index contributed by atoms with van der Waals surface area (Å²) >= 11 is 0. The van der Waals surface area contributed by atoms with Crippen LogP contribution in [-0.4, -0.2) is 43.7 Å². The fourth-order valence-corrected chi connectivity index (χ4v) is 1.66. The molecule has 0 bridgehead atoms. The average Bonchev–Trinajstić information content (AvgIpc) is 2.51. The van der Waals surface area contributed by atoms with Crippen LogP contribution in [0.1, 0.15) is 25.7 Å². The first-order valence-corrected chi connectivity index (χ1v) is 5.17. The molecular formula is C10H20N2O2. The molecule has 0 spiro atoms. The van der Waals surface area contributed by atoms with E-state index in [9.17, 15) is 4.79 Å². The lowest BCUT2D eigenvalue weighted by atomic mass is 10.3. The molecule has 1 rings (SSSR count). The summed E-state index contributed by atoms with van der Waals surface area (Å²) < 4.78 is 5.57. The fraction of sp³-hybridized carbons (Fsp3) is 0.900. The highest BCUT2D eigenvalue weighted by molar-refractivity contribution is 5.75. The first kappa shape index (κ1) is 11.5. The Labute approximate surface area is 85.4 Å². The molecule has 0 heterocycles. The van der Waals surface area contributed by atoms with Gasteiger partial charge < -0.3 is 15.4 Å². The lowest BCUT2D eigenvalue weighted by molar-refractivity contribution is -0.130. The van der Waals surface area contributed by atoms with Crippen LogP contribution >= 0.6 is 0 Å². The van der Waals surface area contributed by atoms with Crippen molar-refractivity contribution >= 4 is 5.91 Å². The molecule has 0 aromatic heterocycles. The molecule has 82 valence electrons. The van der Waals surface area contributed by atoms with E-state index in [4.69, 9.17) is 10.5 Å². The van der Waals surface area contributed by atoms with E-state index in [1.54, 1.807) is 19.0 Å². The van der Waals surface area contributed by atoms with E-state index in [-0.39, 0.29) is 12.0 Å². The second-order valence-corrected chi connectivity index (χ2v) is 4.10. The Morgan fingerprint density at radius 2 is 2.21 bits per heavy atom. The second-order valence-electron chi connectivity index (χ2n) is 4.10. The maximum Gasteiger partial charge on any atom is 0.224 e. The van der Waals surface area contributed by atoms with Gasteiger partial charge in [0.1, 0.15) is 0 Å². The van der Waals surface area contributed by atoms with Crippen LogP contribution < -0.4 is 5.73 Å². The van der Waals surface area contributed by atoms with E-state index in [1.165, 1.54) is 0 Å². The van der Waals surface area contributed by atoms with Gasteiger partial charge in [0.05, 0.1) is 19.1 Å². The summed E-state index contributed by atoms with van der Waals surface area (Å²) in [5.74, 6) is 0.118. The van der Waals surface area contributed by atoms with Gasteiger partial charge in [-0.3, -0.25) is 4.79 Å². The molecule has 1 fully saturated rings. The van der Waals surface area contributed by atoms with E-state index >= 15 is 0 Å². The van der Waals surface area contributed by atoms with E-state index in [0.717, 1.165) is 19.3 Å². The van der Waals surface area contributed by atoms with E-state index < -0.39 is 0 Å². The SMILES string of the molecule is CN(C)C(=O)CCOC1CCC(N)C1. The summed E-state index contributed by atoms with van der Waals surface area (Å²) in [6.07, 6.45) is 3.78. The van der Waals surface area contributed by atoms with Gasteiger partial charge in [0.15, 0.2) is 0 Å².